The topological polar surface area (TPSA) is 189 Å². The molecule has 0 spiro atoms. The third-order valence-electron chi connectivity index (χ3n) is 9.01. The number of fused-ring (bicyclic) bond motifs is 1. The molecule has 0 heterocycles. The number of benzene rings is 1. The van der Waals surface area contributed by atoms with Crippen molar-refractivity contribution in [2.45, 2.75) is 110 Å². The molecule has 3 rings (SSSR count). The van der Waals surface area contributed by atoms with Crippen LogP contribution in [0.2, 0.25) is 0 Å². The Hall–Kier alpha value is -4.36. The maximum Gasteiger partial charge on any atom is 0.338 e. The lowest BCUT2D eigenvalue weighted by Gasteiger charge is -2.44. The molecule has 0 bridgehead atoms. The van der Waals surface area contributed by atoms with E-state index in [9.17, 15) is 39.0 Å². The highest BCUT2D eigenvalue weighted by Gasteiger charge is 2.68. The van der Waals surface area contributed by atoms with E-state index in [-0.39, 0.29) is 11.1 Å². The highest BCUT2D eigenvalue weighted by Crippen LogP contribution is 2.51. The Morgan fingerprint density at radius 1 is 0.820 bits per heavy atom. The SMILES string of the molecule is C=C1C(OC(=O)c2ccccc2)C(OC(C)=O)C(OC(C)=O)C(C)(C)C=CC(C)C(=O)C2(O)CC(C)(O)C(OC(C)=O)C2C1OC(=O)C(C)C. The first-order chi connectivity index (χ1) is 23.0. The molecule has 0 saturated heterocycles. The number of carbonyl (C=O) groups excluding carboxylic acids is 6. The van der Waals surface area contributed by atoms with Gasteiger partial charge >= 0.3 is 29.8 Å². The molecule has 1 aromatic rings. The summed E-state index contributed by atoms with van der Waals surface area (Å²) in [5, 5.41) is 24.1. The van der Waals surface area contributed by atoms with Crippen molar-refractivity contribution in [1.82, 2.24) is 0 Å². The number of carbonyl (C=O) groups is 6. The van der Waals surface area contributed by atoms with Gasteiger partial charge in [0.2, 0.25) is 0 Å². The van der Waals surface area contributed by atoms with Crippen LogP contribution in [0.25, 0.3) is 0 Å². The minimum Gasteiger partial charge on any atom is -0.459 e. The van der Waals surface area contributed by atoms with E-state index in [1.807, 2.05) is 0 Å². The fraction of sp³-hybridized carbons (Fsp3) is 0.568. The molecule has 1 aromatic carbocycles. The van der Waals surface area contributed by atoms with E-state index in [4.69, 9.17) is 23.7 Å². The van der Waals surface area contributed by atoms with Crippen molar-refractivity contribution in [3.63, 3.8) is 0 Å². The van der Waals surface area contributed by atoms with Gasteiger partial charge in [0.1, 0.15) is 23.4 Å². The van der Waals surface area contributed by atoms with Crippen LogP contribution < -0.4 is 0 Å². The number of allylic oxidation sites excluding steroid dienone is 1. The van der Waals surface area contributed by atoms with E-state index in [0.29, 0.717) is 0 Å². The lowest BCUT2D eigenvalue weighted by atomic mass is 9.72. The normalized spacial score (nSPS) is 32.5. The van der Waals surface area contributed by atoms with Gasteiger partial charge < -0.3 is 33.9 Å². The Morgan fingerprint density at radius 2 is 1.36 bits per heavy atom. The number of hydrogen-bond donors (Lipinski definition) is 2. The van der Waals surface area contributed by atoms with E-state index >= 15 is 0 Å². The van der Waals surface area contributed by atoms with Gasteiger partial charge in [0, 0.05) is 44.1 Å². The first kappa shape index (κ1) is 40.1. The van der Waals surface area contributed by atoms with E-state index < -0.39 is 107 Å². The fourth-order valence-electron chi connectivity index (χ4n) is 6.62. The number of rotatable bonds is 7. The average molecular weight is 701 g/mol. The van der Waals surface area contributed by atoms with Crippen LogP contribution in [0.4, 0.5) is 0 Å². The molecule has 13 nitrogen and oxygen atoms in total. The summed E-state index contributed by atoms with van der Waals surface area (Å²) in [5.41, 5.74) is -6.11. The van der Waals surface area contributed by atoms with Crippen LogP contribution in [0.3, 0.4) is 0 Å². The summed E-state index contributed by atoms with van der Waals surface area (Å²) >= 11 is 0. The fourth-order valence-corrected chi connectivity index (χ4v) is 6.62. The lowest BCUT2D eigenvalue weighted by molar-refractivity contribution is -0.187. The van der Waals surface area contributed by atoms with Crippen LogP contribution in [0.1, 0.15) is 79.1 Å². The molecular weight excluding hydrogens is 652 g/mol. The Kier molecular flexibility index (Phi) is 12.2. The van der Waals surface area contributed by atoms with Gasteiger partial charge in [0.05, 0.1) is 17.4 Å². The van der Waals surface area contributed by atoms with Gasteiger partial charge in [-0.05, 0) is 19.1 Å². The Labute approximate surface area is 291 Å². The van der Waals surface area contributed by atoms with E-state index in [0.717, 1.165) is 20.8 Å². The average Bonchev–Trinajstić information content (AvgIpc) is 3.21. The molecule has 274 valence electrons. The highest BCUT2D eigenvalue weighted by molar-refractivity contribution is 5.92. The second-order valence-electron chi connectivity index (χ2n) is 14.2. The molecule has 0 aromatic heterocycles. The smallest absolute Gasteiger partial charge is 0.338 e. The summed E-state index contributed by atoms with van der Waals surface area (Å²) in [7, 11) is 0. The molecule has 0 radical (unpaired) electrons. The predicted molar refractivity (Wildman–Crippen MR) is 177 cm³/mol. The van der Waals surface area contributed by atoms with E-state index in [1.54, 1.807) is 32.0 Å². The van der Waals surface area contributed by atoms with Crippen LogP contribution in [0.5, 0.6) is 0 Å². The van der Waals surface area contributed by atoms with Crippen LogP contribution in [0, 0.1) is 23.2 Å². The summed E-state index contributed by atoms with van der Waals surface area (Å²) in [5.74, 6) is -8.74. The van der Waals surface area contributed by atoms with Crippen LogP contribution in [-0.2, 0) is 47.7 Å². The standard InChI is InChI=1S/C37H48O13/c1-19(2)33(42)49-27-21(4)28(50-34(43)25-14-12-11-13-15-25)29(46-22(5)38)32(48-24(7)40)35(8,9)17-16-20(3)30(41)37(45)18-36(10,44)31(26(27)37)47-23(6)39/h11-17,19-20,26-29,31-32,44-45H,4,18H2,1-3,5-10H3. The summed E-state index contributed by atoms with van der Waals surface area (Å²) in [6.07, 6.45) is -6.05. The number of ketones is 1. The van der Waals surface area contributed by atoms with Gasteiger partial charge in [-0.15, -0.1) is 0 Å². The van der Waals surface area contributed by atoms with Crippen LogP contribution in [-0.4, -0.2) is 87.6 Å². The monoisotopic (exact) mass is 700 g/mol. The van der Waals surface area contributed by atoms with Crippen molar-refractivity contribution in [1.29, 1.82) is 0 Å². The first-order valence-electron chi connectivity index (χ1n) is 16.4. The summed E-state index contributed by atoms with van der Waals surface area (Å²) in [6, 6.07) is 7.74. The maximum atomic E-state index is 14.3. The zero-order chi connectivity index (χ0) is 37.9. The minimum absolute atomic E-state index is 0.0639. The quantitative estimate of drug-likeness (QED) is 0.239. The van der Waals surface area contributed by atoms with E-state index in [2.05, 4.69) is 6.58 Å². The largest absolute Gasteiger partial charge is 0.459 e. The molecule has 9 unspecified atom stereocenters. The molecule has 50 heavy (non-hydrogen) atoms. The minimum atomic E-state index is -2.53. The van der Waals surface area contributed by atoms with Crippen LogP contribution >= 0.6 is 0 Å². The van der Waals surface area contributed by atoms with Gasteiger partial charge in [0.25, 0.3) is 0 Å². The van der Waals surface area contributed by atoms with Crippen molar-refractivity contribution < 1.29 is 62.7 Å². The molecule has 2 aliphatic carbocycles. The number of hydrogen-bond acceptors (Lipinski definition) is 13. The molecule has 1 saturated carbocycles. The Balaban J connectivity index is 2.49. The third-order valence-corrected chi connectivity index (χ3v) is 9.01. The Morgan fingerprint density at radius 3 is 1.88 bits per heavy atom. The first-order valence-corrected chi connectivity index (χ1v) is 16.4. The van der Waals surface area contributed by atoms with Gasteiger partial charge in [-0.25, -0.2) is 4.79 Å². The van der Waals surface area contributed by atoms with Gasteiger partial charge in [-0.1, -0.05) is 71.5 Å². The summed E-state index contributed by atoms with van der Waals surface area (Å²) in [4.78, 5) is 79.3. The molecule has 0 amide bonds. The molecule has 2 aliphatic rings. The molecule has 1 fully saturated rings. The summed E-state index contributed by atoms with van der Waals surface area (Å²) in [6.45, 7) is 16.4. The molecule has 2 N–H and O–H groups in total. The van der Waals surface area contributed by atoms with Crippen molar-refractivity contribution >= 4 is 35.6 Å². The molecule has 13 heteroatoms. The van der Waals surface area contributed by atoms with Gasteiger partial charge in [0.15, 0.2) is 24.1 Å². The highest BCUT2D eigenvalue weighted by atomic mass is 16.6. The second-order valence-corrected chi connectivity index (χ2v) is 14.2. The zero-order valence-electron chi connectivity index (χ0n) is 30.0. The predicted octanol–water partition coefficient (Wildman–Crippen LogP) is 3.43. The van der Waals surface area contributed by atoms with E-state index in [1.165, 1.54) is 52.0 Å². The second kappa shape index (κ2) is 15.3. The van der Waals surface area contributed by atoms with Crippen molar-refractivity contribution in [3.05, 3.63) is 60.2 Å². The van der Waals surface area contributed by atoms with Gasteiger partial charge in [-0.2, -0.15) is 0 Å². The number of ether oxygens (including phenoxy) is 5. The van der Waals surface area contributed by atoms with Crippen molar-refractivity contribution in [2.75, 3.05) is 0 Å². The number of esters is 5. The lowest BCUT2D eigenvalue weighted by Crippen LogP contribution is -2.58. The van der Waals surface area contributed by atoms with Crippen molar-refractivity contribution in [2.24, 2.45) is 23.2 Å². The third kappa shape index (κ3) is 8.67. The summed E-state index contributed by atoms with van der Waals surface area (Å²) < 4.78 is 29.1. The molecule has 9 atom stereocenters. The number of Topliss-reactive ketones (excluding diaryl/α,β-unsaturated/α-hetero) is 1. The molecule has 0 aliphatic heterocycles. The van der Waals surface area contributed by atoms with Crippen LogP contribution in [0.15, 0.2) is 54.6 Å². The number of aliphatic hydroxyl groups is 2. The Bertz CT molecular complexity index is 1520. The van der Waals surface area contributed by atoms with Crippen molar-refractivity contribution in [3.8, 4) is 0 Å². The van der Waals surface area contributed by atoms with Gasteiger partial charge in [-0.3, -0.25) is 24.0 Å². The zero-order valence-corrected chi connectivity index (χ0v) is 30.0. The maximum absolute atomic E-state index is 14.3. The molecular formula is C37H48O13.